The van der Waals surface area contributed by atoms with Crippen molar-refractivity contribution in [1.29, 1.82) is 0 Å². The molecule has 1 aliphatic carbocycles. The third kappa shape index (κ3) is 6.62. The lowest BCUT2D eigenvalue weighted by atomic mass is 9.67. The van der Waals surface area contributed by atoms with Crippen LogP contribution in [0, 0.1) is 0 Å². The molecule has 0 spiro atoms. The standard InChI is InChI=1S/C65H44/c1-6-20-45(21-7-1)48-26-18-27-49(38-48)50-28-19-29-51(39-50)52-36-37-60-62(43-52)65(56-30-12-4-13-31-56,57-32-14-5-15-33-57)63-44-61(58-34-16-17-35-59(58)64(60)63)55-41-53(46-22-8-2-9-23-46)40-54(42-55)47-24-10-3-11-25-47/h1-44H. The Morgan fingerprint density at radius 3 is 1.08 bits per heavy atom. The van der Waals surface area contributed by atoms with Gasteiger partial charge in [-0.25, -0.2) is 0 Å². The Morgan fingerprint density at radius 2 is 0.569 bits per heavy atom. The molecule has 0 fully saturated rings. The van der Waals surface area contributed by atoms with Crippen molar-refractivity contribution in [3.05, 3.63) is 289 Å². The summed E-state index contributed by atoms with van der Waals surface area (Å²) < 4.78 is 0. The number of benzene rings is 11. The lowest BCUT2D eigenvalue weighted by Crippen LogP contribution is -2.28. The van der Waals surface area contributed by atoms with Gasteiger partial charge in [0.25, 0.3) is 0 Å². The minimum atomic E-state index is -0.608. The molecule has 0 aliphatic heterocycles. The number of rotatable bonds is 8. The van der Waals surface area contributed by atoms with Crippen LogP contribution >= 0.6 is 0 Å². The molecular weight excluding hydrogens is 781 g/mol. The van der Waals surface area contributed by atoms with Crippen molar-refractivity contribution in [2.75, 3.05) is 0 Å². The van der Waals surface area contributed by atoms with Crippen LogP contribution in [0.25, 0.3) is 88.7 Å². The topological polar surface area (TPSA) is 0 Å². The molecule has 0 N–H and O–H groups in total. The monoisotopic (exact) mass is 824 g/mol. The van der Waals surface area contributed by atoms with Crippen LogP contribution in [0.5, 0.6) is 0 Å². The predicted molar refractivity (Wildman–Crippen MR) is 274 cm³/mol. The molecule has 1 aliphatic rings. The molecule has 0 radical (unpaired) electrons. The normalized spacial score (nSPS) is 12.4. The molecule has 0 heterocycles. The second-order valence-electron chi connectivity index (χ2n) is 17.2. The highest BCUT2D eigenvalue weighted by Gasteiger charge is 2.47. The Labute approximate surface area is 381 Å². The molecule has 0 saturated heterocycles. The summed E-state index contributed by atoms with van der Waals surface area (Å²) in [5.74, 6) is 0. The van der Waals surface area contributed by atoms with Crippen molar-refractivity contribution in [2.45, 2.75) is 5.41 Å². The molecule has 0 saturated carbocycles. The molecule has 65 heavy (non-hydrogen) atoms. The summed E-state index contributed by atoms with van der Waals surface area (Å²) in [5, 5.41) is 2.50. The summed E-state index contributed by atoms with van der Waals surface area (Å²) >= 11 is 0. The SMILES string of the molecule is c1ccc(-c2cccc(-c3cccc(-c4ccc5c(c4)C(c4ccccc4)(c4ccccc4)c4cc(-c6cc(-c7ccccc7)cc(-c7ccccc7)c6)c6ccccc6c4-5)c3)c2)cc1. The molecule has 0 nitrogen and oxygen atoms in total. The maximum atomic E-state index is 2.54. The average Bonchev–Trinajstić information content (AvgIpc) is 3.70. The van der Waals surface area contributed by atoms with Crippen LogP contribution in [-0.2, 0) is 5.41 Å². The first-order valence-corrected chi connectivity index (χ1v) is 22.6. The van der Waals surface area contributed by atoms with Crippen molar-refractivity contribution in [2.24, 2.45) is 0 Å². The van der Waals surface area contributed by atoms with E-state index in [0.717, 1.165) is 0 Å². The summed E-state index contributed by atoms with van der Waals surface area (Å²) in [7, 11) is 0. The van der Waals surface area contributed by atoms with Crippen LogP contribution in [0.15, 0.2) is 267 Å². The number of hydrogen-bond donors (Lipinski definition) is 0. The van der Waals surface area contributed by atoms with Gasteiger partial charge in [-0.1, -0.05) is 224 Å². The fourth-order valence-electron chi connectivity index (χ4n) is 10.5. The first-order chi connectivity index (χ1) is 32.2. The van der Waals surface area contributed by atoms with Crippen LogP contribution in [0.2, 0.25) is 0 Å². The van der Waals surface area contributed by atoms with Gasteiger partial charge in [-0.05, 0) is 153 Å². The van der Waals surface area contributed by atoms with Crippen LogP contribution in [0.3, 0.4) is 0 Å². The van der Waals surface area contributed by atoms with Crippen molar-refractivity contribution < 1.29 is 0 Å². The van der Waals surface area contributed by atoms with E-state index >= 15 is 0 Å². The molecule has 0 unspecified atom stereocenters. The largest absolute Gasteiger partial charge is 0.0714 e. The third-order valence-electron chi connectivity index (χ3n) is 13.5. The molecular formula is C65H44. The summed E-state index contributed by atoms with van der Waals surface area (Å²) in [6.07, 6.45) is 0. The van der Waals surface area contributed by atoms with Crippen molar-refractivity contribution in [1.82, 2.24) is 0 Å². The zero-order valence-corrected chi connectivity index (χ0v) is 35.9. The molecule has 12 rings (SSSR count). The van der Waals surface area contributed by atoms with E-state index in [-0.39, 0.29) is 0 Å². The highest BCUT2D eigenvalue weighted by molar-refractivity contribution is 6.10. The van der Waals surface area contributed by atoms with Crippen molar-refractivity contribution >= 4 is 10.8 Å². The van der Waals surface area contributed by atoms with Crippen molar-refractivity contribution in [3.63, 3.8) is 0 Å². The highest BCUT2D eigenvalue weighted by Crippen LogP contribution is 2.59. The van der Waals surface area contributed by atoms with E-state index in [1.54, 1.807) is 0 Å². The van der Waals surface area contributed by atoms with Gasteiger partial charge >= 0.3 is 0 Å². The predicted octanol–water partition coefficient (Wildman–Crippen LogP) is 17.2. The Bertz CT molecular complexity index is 3400. The molecule has 0 bridgehead atoms. The average molecular weight is 825 g/mol. The van der Waals surface area contributed by atoms with Gasteiger partial charge in [-0.15, -0.1) is 0 Å². The van der Waals surface area contributed by atoms with E-state index in [2.05, 4.69) is 267 Å². The Morgan fingerprint density at radius 1 is 0.200 bits per heavy atom. The Kier molecular flexibility index (Phi) is 9.50. The quantitative estimate of drug-likeness (QED) is 0.143. The van der Waals surface area contributed by atoms with Gasteiger partial charge in [0.2, 0.25) is 0 Å². The minimum absolute atomic E-state index is 0.608. The zero-order chi connectivity index (χ0) is 43.2. The van der Waals surface area contributed by atoms with Gasteiger partial charge in [0.15, 0.2) is 0 Å². The first-order valence-electron chi connectivity index (χ1n) is 22.6. The van der Waals surface area contributed by atoms with Crippen LogP contribution in [-0.4, -0.2) is 0 Å². The second kappa shape index (κ2) is 16.1. The number of fused-ring (bicyclic) bond motifs is 5. The summed E-state index contributed by atoms with van der Waals surface area (Å²) in [6.45, 7) is 0. The third-order valence-corrected chi connectivity index (χ3v) is 13.5. The summed E-state index contributed by atoms with van der Waals surface area (Å²) in [5.41, 5.74) is 21.5. The van der Waals surface area contributed by atoms with Crippen LogP contribution in [0.4, 0.5) is 0 Å². The molecule has 0 heteroatoms. The molecule has 11 aromatic carbocycles. The van der Waals surface area contributed by atoms with E-state index < -0.39 is 5.41 Å². The van der Waals surface area contributed by atoms with Crippen LogP contribution < -0.4 is 0 Å². The van der Waals surface area contributed by atoms with E-state index in [0.29, 0.717) is 0 Å². The van der Waals surface area contributed by atoms with Crippen LogP contribution in [0.1, 0.15) is 22.3 Å². The summed E-state index contributed by atoms with van der Waals surface area (Å²) in [4.78, 5) is 0. The van der Waals surface area contributed by atoms with Gasteiger partial charge in [-0.3, -0.25) is 0 Å². The molecule has 0 amide bonds. The van der Waals surface area contributed by atoms with E-state index in [1.807, 2.05) is 0 Å². The molecule has 0 atom stereocenters. The molecule has 304 valence electrons. The van der Waals surface area contributed by atoms with Gasteiger partial charge < -0.3 is 0 Å². The number of hydrogen-bond acceptors (Lipinski definition) is 0. The summed E-state index contributed by atoms with van der Waals surface area (Å²) in [6, 6.07) is 98.6. The maximum Gasteiger partial charge on any atom is 0.0714 e. The fraction of sp³-hybridized carbons (Fsp3) is 0.0154. The highest BCUT2D eigenvalue weighted by atomic mass is 14.5. The minimum Gasteiger partial charge on any atom is -0.0622 e. The van der Waals surface area contributed by atoms with Gasteiger partial charge in [0.05, 0.1) is 5.41 Å². The lowest BCUT2D eigenvalue weighted by molar-refractivity contribution is 0.769. The van der Waals surface area contributed by atoms with E-state index in [1.165, 1.54) is 111 Å². The first kappa shape index (κ1) is 38.4. The fourth-order valence-corrected chi connectivity index (χ4v) is 10.5. The smallest absolute Gasteiger partial charge is 0.0622 e. The van der Waals surface area contributed by atoms with Crippen molar-refractivity contribution in [3.8, 4) is 77.9 Å². The molecule has 0 aromatic heterocycles. The molecule has 11 aromatic rings. The van der Waals surface area contributed by atoms with Gasteiger partial charge in [-0.2, -0.15) is 0 Å². The van der Waals surface area contributed by atoms with E-state index in [9.17, 15) is 0 Å². The van der Waals surface area contributed by atoms with Gasteiger partial charge in [0.1, 0.15) is 0 Å². The zero-order valence-electron chi connectivity index (χ0n) is 35.9. The second-order valence-corrected chi connectivity index (χ2v) is 17.2. The lowest BCUT2D eigenvalue weighted by Gasteiger charge is -2.34. The van der Waals surface area contributed by atoms with Gasteiger partial charge in [0, 0.05) is 0 Å². The Hall–Kier alpha value is -8.32. The maximum absolute atomic E-state index is 2.54. The Balaban J connectivity index is 1.11. The van der Waals surface area contributed by atoms with E-state index in [4.69, 9.17) is 0 Å².